The molecule has 0 amide bonds. The molecule has 296 valence electrons. The molecule has 0 saturated carbocycles. The summed E-state index contributed by atoms with van der Waals surface area (Å²) in [5, 5.41) is 0. The van der Waals surface area contributed by atoms with Crippen molar-refractivity contribution in [2.24, 2.45) is 5.92 Å². The fraction of sp³-hybridized carbons (Fsp3) is 0.513. The molecule has 2 heterocycles. The fourth-order valence-corrected chi connectivity index (χ4v) is 6.96. The Morgan fingerprint density at radius 3 is 2.04 bits per heavy atom. The van der Waals surface area contributed by atoms with Crippen molar-refractivity contribution in [2.75, 3.05) is 26.2 Å². The molecule has 15 heteroatoms. The van der Waals surface area contributed by atoms with E-state index in [2.05, 4.69) is 0 Å². The van der Waals surface area contributed by atoms with Crippen molar-refractivity contribution in [1.82, 2.24) is 9.47 Å². The number of hydrogen-bond donors (Lipinski definition) is 0. The van der Waals surface area contributed by atoms with Crippen molar-refractivity contribution >= 4 is 11.8 Å². The van der Waals surface area contributed by atoms with Gasteiger partial charge in [-0.15, -0.1) is 0 Å². The second-order valence-electron chi connectivity index (χ2n) is 14.2. The highest BCUT2D eigenvalue weighted by molar-refractivity contribution is 5.85. The molecule has 1 unspecified atom stereocenters. The number of ether oxygens (including phenoxy) is 1. The van der Waals surface area contributed by atoms with E-state index in [0.717, 1.165) is 23.3 Å². The Morgan fingerprint density at radius 1 is 0.870 bits per heavy atom. The first-order chi connectivity index (χ1) is 25.1. The van der Waals surface area contributed by atoms with E-state index in [4.69, 9.17) is 4.74 Å². The van der Waals surface area contributed by atoms with Gasteiger partial charge in [0.15, 0.2) is 5.78 Å². The third-order valence-corrected chi connectivity index (χ3v) is 9.93. The van der Waals surface area contributed by atoms with Crippen molar-refractivity contribution in [3.05, 3.63) is 91.1 Å². The first kappa shape index (κ1) is 42.6. The summed E-state index contributed by atoms with van der Waals surface area (Å²) in [6.45, 7) is 10.1. The number of aryl methyl sites for hydroxylation is 1. The fourth-order valence-electron chi connectivity index (χ4n) is 6.96. The van der Waals surface area contributed by atoms with E-state index >= 15 is 8.78 Å². The monoisotopic (exact) mass is 774 g/mol. The van der Waals surface area contributed by atoms with Crippen molar-refractivity contribution in [3.8, 4) is 11.1 Å². The van der Waals surface area contributed by atoms with Crippen LogP contribution in [-0.4, -0.2) is 47.5 Å². The molecule has 0 spiro atoms. The molecule has 1 fully saturated rings. The number of rotatable bonds is 14. The minimum absolute atomic E-state index is 0.00422. The predicted octanol–water partition coefficient (Wildman–Crippen LogP) is 9.43. The number of Topliss-reactive ketones (excluding diaryl/α,β-unsaturated/α-hetero) is 1. The number of ketones is 1. The van der Waals surface area contributed by atoms with Gasteiger partial charge < -0.3 is 14.2 Å². The zero-order valence-corrected chi connectivity index (χ0v) is 30.8. The van der Waals surface area contributed by atoms with Crippen LogP contribution in [0.2, 0.25) is 0 Å². The van der Waals surface area contributed by atoms with Gasteiger partial charge in [-0.3, -0.25) is 14.4 Å². The second kappa shape index (κ2) is 16.7. The molecule has 2 aromatic carbocycles. The number of esters is 1. The molecule has 0 aliphatic carbocycles. The largest absolute Gasteiger partial charge is 0.466 e. The highest BCUT2D eigenvalue weighted by Gasteiger charge is 2.41. The van der Waals surface area contributed by atoms with E-state index in [0.29, 0.717) is 19.2 Å². The SMILES string of the molecule is CCOC(=O)C[C@H](CC(=O)C(CC(C)C)n1cc(CCN2CCC2)c(C(F)(F)F)cc1=O)c1c(F)c(-c2c(C)cc(F)c(C)c2C)cc(C(F)(F)F)c1F. The van der Waals surface area contributed by atoms with E-state index in [1.165, 1.54) is 27.7 Å². The van der Waals surface area contributed by atoms with Crippen LogP contribution in [0, 0.1) is 44.1 Å². The third-order valence-electron chi connectivity index (χ3n) is 9.93. The Morgan fingerprint density at radius 2 is 1.50 bits per heavy atom. The van der Waals surface area contributed by atoms with Crippen LogP contribution in [0.4, 0.5) is 39.5 Å². The summed E-state index contributed by atoms with van der Waals surface area (Å²) in [5.41, 5.74) is -6.59. The number of likely N-dealkylation sites (tertiary alicyclic amines) is 1. The van der Waals surface area contributed by atoms with Crippen LogP contribution < -0.4 is 5.56 Å². The maximum Gasteiger partial charge on any atom is 0.419 e. The average molecular weight is 775 g/mol. The maximum absolute atomic E-state index is 16.8. The van der Waals surface area contributed by atoms with Crippen LogP contribution in [0.15, 0.2) is 29.2 Å². The van der Waals surface area contributed by atoms with Crippen LogP contribution >= 0.6 is 0 Å². The minimum Gasteiger partial charge on any atom is -0.466 e. The Labute approximate surface area is 307 Å². The maximum atomic E-state index is 16.8. The number of hydrogen-bond acceptors (Lipinski definition) is 5. The van der Waals surface area contributed by atoms with E-state index in [9.17, 15) is 45.1 Å². The summed E-state index contributed by atoms with van der Waals surface area (Å²) in [6.07, 6.45) is -10.7. The standard InChI is InChI=1S/C39H43F9N2O4/c1-7-54-33(53)16-25(35-36(41)26(17-28(37(35)42)39(46,47)48)34-21(4)14-29(40)22(5)23(34)6)15-31(51)30(13-20(2)3)50-19-24(9-12-49-10-8-11-49)27(18-32(50)52)38(43,44)45/h14,17-20,25,30H,7-13,15-16H2,1-6H3/t25-,30?/m0/s1. The Kier molecular flexibility index (Phi) is 13.2. The Balaban J connectivity index is 1.93. The quantitative estimate of drug-likeness (QED) is 0.121. The van der Waals surface area contributed by atoms with Gasteiger partial charge in [-0.2, -0.15) is 26.3 Å². The van der Waals surface area contributed by atoms with Crippen molar-refractivity contribution in [3.63, 3.8) is 0 Å². The molecule has 1 saturated heterocycles. The van der Waals surface area contributed by atoms with Crippen LogP contribution in [-0.2, 0) is 33.1 Å². The van der Waals surface area contributed by atoms with Gasteiger partial charge in [0.25, 0.3) is 5.56 Å². The smallest absolute Gasteiger partial charge is 0.419 e. The van der Waals surface area contributed by atoms with Gasteiger partial charge in [0.1, 0.15) is 17.5 Å². The number of aromatic nitrogens is 1. The number of alkyl halides is 6. The van der Waals surface area contributed by atoms with Gasteiger partial charge in [0.2, 0.25) is 0 Å². The van der Waals surface area contributed by atoms with Crippen LogP contribution in [0.25, 0.3) is 11.1 Å². The minimum atomic E-state index is -5.39. The normalized spacial score (nSPS) is 15.0. The third kappa shape index (κ3) is 9.38. The second-order valence-corrected chi connectivity index (χ2v) is 14.2. The van der Waals surface area contributed by atoms with Crippen LogP contribution in [0.5, 0.6) is 0 Å². The average Bonchev–Trinajstić information content (AvgIpc) is 3.02. The summed E-state index contributed by atoms with van der Waals surface area (Å²) in [5.74, 6) is -8.68. The van der Waals surface area contributed by atoms with Crippen molar-refractivity contribution in [2.45, 2.75) is 98.0 Å². The van der Waals surface area contributed by atoms with E-state index in [1.54, 1.807) is 13.8 Å². The molecule has 3 aromatic rings. The molecule has 6 nitrogen and oxygen atoms in total. The predicted molar refractivity (Wildman–Crippen MR) is 184 cm³/mol. The van der Waals surface area contributed by atoms with Crippen molar-refractivity contribution in [1.29, 1.82) is 0 Å². The summed E-state index contributed by atoms with van der Waals surface area (Å²) < 4.78 is 139. The van der Waals surface area contributed by atoms with Gasteiger partial charge in [0, 0.05) is 42.3 Å². The topological polar surface area (TPSA) is 68.6 Å². The molecular formula is C39H43F9N2O4. The Hall–Kier alpha value is -4.14. The Bertz CT molecular complexity index is 1950. The van der Waals surface area contributed by atoms with E-state index in [1.807, 2.05) is 4.90 Å². The molecule has 1 aromatic heterocycles. The van der Waals surface area contributed by atoms with Crippen LogP contribution in [0.3, 0.4) is 0 Å². The first-order valence-electron chi connectivity index (χ1n) is 17.6. The first-order valence-corrected chi connectivity index (χ1v) is 17.6. The molecule has 0 radical (unpaired) electrons. The molecule has 2 atom stereocenters. The van der Waals surface area contributed by atoms with E-state index in [-0.39, 0.29) is 65.8 Å². The molecule has 1 aliphatic rings. The number of halogens is 9. The molecule has 4 rings (SSSR count). The zero-order valence-electron chi connectivity index (χ0n) is 30.8. The number of carbonyl (C=O) groups excluding carboxylic acids is 2. The highest BCUT2D eigenvalue weighted by Crippen LogP contribution is 2.44. The summed E-state index contributed by atoms with van der Waals surface area (Å²) in [6, 6.07) is 0.113. The van der Waals surface area contributed by atoms with Gasteiger partial charge in [-0.05, 0) is 106 Å². The summed E-state index contributed by atoms with van der Waals surface area (Å²) >= 11 is 0. The highest BCUT2D eigenvalue weighted by atomic mass is 19.4. The molecule has 0 N–H and O–H groups in total. The summed E-state index contributed by atoms with van der Waals surface area (Å²) in [4.78, 5) is 42.4. The van der Waals surface area contributed by atoms with Gasteiger partial charge >= 0.3 is 18.3 Å². The number of pyridine rings is 1. The zero-order chi connectivity index (χ0) is 40.4. The number of benzene rings is 2. The lowest BCUT2D eigenvalue weighted by atomic mass is 9.82. The van der Waals surface area contributed by atoms with Crippen LogP contribution in [0.1, 0.15) is 97.4 Å². The number of carbonyl (C=O) groups is 2. The lowest BCUT2D eigenvalue weighted by Crippen LogP contribution is -2.39. The van der Waals surface area contributed by atoms with Gasteiger partial charge in [-0.25, -0.2) is 13.2 Å². The molecular weight excluding hydrogens is 731 g/mol. The molecule has 1 aliphatic heterocycles. The molecule has 0 bridgehead atoms. The summed E-state index contributed by atoms with van der Waals surface area (Å²) in [7, 11) is 0. The van der Waals surface area contributed by atoms with Gasteiger partial charge in [-0.1, -0.05) is 13.8 Å². The molecule has 54 heavy (non-hydrogen) atoms. The lowest BCUT2D eigenvalue weighted by Gasteiger charge is -2.31. The number of nitrogens with zero attached hydrogens (tertiary/aromatic N) is 2. The van der Waals surface area contributed by atoms with E-state index < -0.39 is 94.2 Å². The lowest BCUT2D eigenvalue weighted by molar-refractivity contribution is -0.143. The van der Waals surface area contributed by atoms with Crippen molar-refractivity contribution < 1.29 is 53.8 Å². The van der Waals surface area contributed by atoms with Gasteiger partial charge in [0.05, 0.1) is 30.2 Å².